The van der Waals surface area contributed by atoms with Crippen molar-refractivity contribution in [1.82, 2.24) is 9.97 Å². The fraction of sp³-hybridized carbons (Fsp3) is 0.167. The molecule has 0 fully saturated rings. The molecule has 0 saturated carbocycles. The Hall–Kier alpha value is -2.61. The number of hydrogen-bond donors (Lipinski definition) is 0. The molecule has 0 atom stereocenters. The van der Waals surface area contributed by atoms with E-state index in [1.54, 1.807) is 0 Å². The van der Waals surface area contributed by atoms with E-state index < -0.39 is 4.92 Å². The van der Waals surface area contributed by atoms with Gasteiger partial charge in [-0.2, -0.15) is 4.98 Å². The quantitative estimate of drug-likeness (QED) is 0.475. The molecule has 0 aliphatic heterocycles. The number of nitro groups is 1. The smallest absolute Gasteiger partial charge is 0.315 e. The third-order valence-corrected chi connectivity index (χ3v) is 2.77. The van der Waals surface area contributed by atoms with Crippen molar-refractivity contribution in [2.45, 2.75) is 0 Å². The number of benzene rings is 1. The van der Waals surface area contributed by atoms with Crippen LogP contribution in [0, 0.1) is 10.1 Å². The van der Waals surface area contributed by atoms with Crippen LogP contribution in [0.15, 0.2) is 24.5 Å². The first-order valence-corrected chi connectivity index (χ1v) is 5.99. The number of methoxy groups -OCH3 is 2. The Morgan fingerprint density at radius 1 is 1.24 bits per heavy atom. The molecule has 21 heavy (non-hydrogen) atoms. The van der Waals surface area contributed by atoms with Crippen molar-refractivity contribution in [2.24, 2.45) is 0 Å². The first-order chi connectivity index (χ1) is 10.1. The van der Waals surface area contributed by atoms with Gasteiger partial charge in [-0.3, -0.25) is 10.1 Å². The highest BCUT2D eigenvalue weighted by atomic mass is 35.5. The van der Waals surface area contributed by atoms with E-state index >= 15 is 0 Å². The summed E-state index contributed by atoms with van der Waals surface area (Å²) in [5.74, 6) is 0.380. The van der Waals surface area contributed by atoms with Crippen LogP contribution in [0.25, 0.3) is 0 Å². The number of rotatable bonds is 5. The molecule has 0 saturated heterocycles. The van der Waals surface area contributed by atoms with Crippen molar-refractivity contribution >= 4 is 17.3 Å². The molecule has 1 aromatic heterocycles. The molecule has 0 bridgehead atoms. The van der Waals surface area contributed by atoms with Gasteiger partial charge in [0.2, 0.25) is 11.5 Å². The van der Waals surface area contributed by atoms with Gasteiger partial charge in [0.05, 0.1) is 25.2 Å². The Bertz CT molecular complexity index is 680. The van der Waals surface area contributed by atoms with Crippen molar-refractivity contribution in [1.29, 1.82) is 0 Å². The molecule has 110 valence electrons. The molecule has 9 heteroatoms. The average Bonchev–Trinajstić information content (AvgIpc) is 2.47. The molecule has 0 amide bonds. The van der Waals surface area contributed by atoms with Gasteiger partial charge < -0.3 is 14.2 Å². The third kappa shape index (κ3) is 3.11. The molecule has 0 N–H and O–H groups in total. The normalized spacial score (nSPS) is 10.0. The van der Waals surface area contributed by atoms with Crippen LogP contribution in [-0.4, -0.2) is 29.1 Å². The van der Waals surface area contributed by atoms with E-state index in [9.17, 15) is 10.1 Å². The minimum absolute atomic E-state index is 0.0196. The number of halogens is 1. The summed E-state index contributed by atoms with van der Waals surface area (Å²) < 4.78 is 15.4. The highest BCUT2D eigenvalue weighted by Gasteiger charge is 2.20. The Balaban J connectivity index is 2.44. The van der Waals surface area contributed by atoms with Gasteiger partial charge in [-0.15, -0.1) is 0 Å². The number of hydrogen-bond acceptors (Lipinski definition) is 7. The number of nitro benzene ring substituents is 1. The minimum atomic E-state index is -0.590. The molecule has 0 spiro atoms. The van der Waals surface area contributed by atoms with Crippen LogP contribution in [-0.2, 0) is 0 Å². The molecule has 1 aromatic carbocycles. The van der Waals surface area contributed by atoms with Gasteiger partial charge in [0.25, 0.3) is 5.88 Å². The van der Waals surface area contributed by atoms with Crippen molar-refractivity contribution in [3.63, 3.8) is 0 Å². The lowest BCUT2D eigenvalue weighted by atomic mass is 10.3. The van der Waals surface area contributed by atoms with Crippen LogP contribution in [0.1, 0.15) is 0 Å². The maximum Gasteiger partial charge on any atom is 0.315 e. The fourth-order valence-corrected chi connectivity index (χ4v) is 1.74. The summed E-state index contributed by atoms with van der Waals surface area (Å²) in [5, 5.41) is 11.1. The van der Waals surface area contributed by atoms with Crippen LogP contribution in [0.4, 0.5) is 5.69 Å². The summed E-state index contributed by atoms with van der Waals surface area (Å²) in [7, 11) is 2.77. The molecule has 0 aliphatic rings. The van der Waals surface area contributed by atoms with Gasteiger partial charge in [0, 0.05) is 0 Å². The van der Waals surface area contributed by atoms with E-state index in [0.29, 0.717) is 5.75 Å². The molecule has 1 heterocycles. The summed E-state index contributed by atoms with van der Waals surface area (Å²) >= 11 is 5.84. The Morgan fingerprint density at radius 2 is 2.00 bits per heavy atom. The van der Waals surface area contributed by atoms with Gasteiger partial charge in [-0.05, 0) is 12.1 Å². The number of aromatic nitrogens is 2. The van der Waals surface area contributed by atoms with E-state index in [0.717, 1.165) is 6.33 Å². The van der Waals surface area contributed by atoms with Crippen LogP contribution in [0.5, 0.6) is 23.1 Å². The second-order valence-corrected chi connectivity index (χ2v) is 4.05. The van der Waals surface area contributed by atoms with Crippen molar-refractivity contribution in [3.8, 4) is 23.1 Å². The van der Waals surface area contributed by atoms with E-state index in [4.69, 9.17) is 25.8 Å². The lowest BCUT2D eigenvalue weighted by molar-refractivity contribution is -0.385. The van der Waals surface area contributed by atoms with Crippen LogP contribution in [0.2, 0.25) is 5.15 Å². The van der Waals surface area contributed by atoms with E-state index in [1.165, 1.54) is 32.4 Å². The average molecular weight is 312 g/mol. The van der Waals surface area contributed by atoms with Crippen molar-refractivity contribution in [2.75, 3.05) is 14.2 Å². The predicted molar refractivity (Wildman–Crippen MR) is 73.3 cm³/mol. The molecule has 2 aromatic rings. The van der Waals surface area contributed by atoms with Gasteiger partial charge in [0.15, 0.2) is 5.15 Å². The van der Waals surface area contributed by atoms with Crippen LogP contribution < -0.4 is 14.2 Å². The topological polar surface area (TPSA) is 96.6 Å². The second-order valence-electron chi connectivity index (χ2n) is 3.70. The largest absolute Gasteiger partial charge is 0.496 e. The Labute approximate surface area is 124 Å². The lowest BCUT2D eigenvalue weighted by Gasteiger charge is -2.10. The number of ether oxygens (including phenoxy) is 3. The number of nitrogens with zero attached hydrogens (tertiary/aromatic N) is 3. The summed E-state index contributed by atoms with van der Waals surface area (Å²) in [6.45, 7) is 0. The zero-order valence-corrected chi connectivity index (χ0v) is 11.8. The zero-order valence-electron chi connectivity index (χ0n) is 11.1. The molecule has 8 nitrogen and oxygen atoms in total. The molecule has 0 aliphatic carbocycles. The second kappa shape index (κ2) is 6.23. The van der Waals surface area contributed by atoms with Crippen LogP contribution >= 0.6 is 11.6 Å². The first-order valence-electron chi connectivity index (χ1n) is 5.61. The molecule has 0 radical (unpaired) electrons. The zero-order chi connectivity index (χ0) is 15.4. The Kier molecular flexibility index (Phi) is 4.39. The maximum atomic E-state index is 11.1. The van der Waals surface area contributed by atoms with Gasteiger partial charge in [-0.25, -0.2) is 4.98 Å². The van der Waals surface area contributed by atoms with E-state index in [-0.39, 0.29) is 28.2 Å². The summed E-state index contributed by atoms with van der Waals surface area (Å²) in [5.41, 5.74) is -0.272. The summed E-state index contributed by atoms with van der Waals surface area (Å²) in [6.07, 6.45) is 1.16. The standard InChI is InChI=1S/C12H10ClN3O5/c1-19-7-3-4-9(8(5-7)16(17)18)21-12-10(20-2)11(13)14-6-15-12/h3-6H,1-2H3. The highest BCUT2D eigenvalue weighted by molar-refractivity contribution is 6.31. The predicted octanol–water partition coefficient (Wildman–Crippen LogP) is 2.85. The molecule has 2 rings (SSSR count). The maximum absolute atomic E-state index is 11.1. The molecular weight excluding hydrogens is 302 g/mol. The van der Waals surface area contributed by atoms with Crippen LogP contribution in [0.3, 0.4) is 0 Å². The summed E-state index contributed by atoms with van der Waals surface area (Å²) in [4.78, 5) is 18.1. The SMILES string of the molecule is COc1ccc(Oc2ncnc(Cl)c2OC)c([N+](=O)[O-])c1. The van der Waals surface area contributed by atoms with E-state index in [2.05, 4.69) is 9.97 Å². The monoisotopic (exact) mass is 311 g/mol. The third-order valence-electron chi connectivity index (χ3n) is 2.50. The van der Waals surface area contributed by atoms with Crippen molar-refractivity contribution < 1.29 is 19.1 Å². The highest BCUT2D eigenvalue weighted by Crippen LogP contribution is 2.38. The van der Waals surface area contributed by atoms with E-state index in [1.807, 2.05) is 0 Å². The van der Waals surface area contributed by atoms with Crippen molar-refractivity contribution in [3.05, 3.63) is 39.8 Å². The Morgan fingerprint density at radius 3 is 2.62 bits per heavy atom. The first kappa shape index (κ1) is 14.8. The van der Waals surface area contributed by atoms with Gasteiger partial charge in [-0.1, -0.05) is 11.6 Å². The molecular formula is C12H10ClN3O5. The molecule has 0 unspecified atom stereocenters. The fourth-order valence-electron chi connectivity index (χ4n) is 1.54. The van der Waals surface area contributed by atoms with Gasteiger partial charge >= 0.3 is 5.69 Å². The summed E-state index contributed by atoms with van der Waals surface area (Å²) in [6, 6.07) is 4.16. The lowest BCUT2D eigenvalue weighted by Crippen LogP contribution is -1.98. The minimum Gasteiger partial charge on any atom is -0.496 e. The van der Waals surface area contributed by atoms with Gasteiger partial charge in [0.1, 0.15) is 12.1 Å².